The van der Waals surface area contributed by atoms with Gasteiger partial charge in [-0.15, -0.1) is 0 Å². The minimum atomic E-state index is -3.50. The third kappa shape index (κ3) is 3.91. The van der Waals surface area contributed by atoms with Crippen molar-refractivity contribution in [2.24, 2.45) is 5.92 Å². The number of amides is 1. The van der Waals surface area contributed by atoms with Gasteiger partial charge in [0.15, 0.2) is 0 Å². The van der Waals surface area contributed by atoms with Crippen molar-refractivity contribution in [2.45, 2.75) is 17.7 Å². The van der Waals surface area contributed by atoms with E-state index in [1.807, 2.05) is 42.5 Å². The van der Waals surface area contributed by atoms with Gasteiger partial charge in [0.2, 0.25) is 15.9 Å². The minimum Gasteiger partial charge on any atom is -0.315 e. The summed E-state index contributed by atoms with van der Waals surface area (Å²) >= 11 is 0. The molecule has 0 saturated carbocycles. The summed E-state index contributed by atoms with van der Waals surface area (Å²) in [5.41, 5.74) is 0.855. The number of piperidine rings is 1. The van der Waals surface area contributed by atoms with E-state index in [9.17, 15) is 13.2 Å². The first-order valence-corrected chi connectivity index (χ1v) is 11.2. The van der Waals surface area contributed by atoms with Crippen molar-refractivity contribution in [3.63, 3.8) is 0 Å². The standard InChI is InChI=1S/C23H24N2O3S/c1-24(21-12-11-18-7-5-6-8-20(18)17-21)23(26)19-13-15-25(16-14-19)29(27,28)22-9-3-2-4-10-22/h2-12,17,19H,13-16H2,1H3. The molecular formula is C23H24N2O3S. The fourth-order valence-corrected chi connectivity index (χ4v) is 5.36. The topological polar surface area (TPSA) is 57.7 Å². The van der Waals surface area contributed by atoms with Crippen LogP contribution < -0.4 is 4.90 Å². The lowest BCUT2D eigenvalue weighted by Gasteiger charge is -2.32. The Morgan fingerprint density at radius 1 is 0.897 bits per heavy atom. The van der Waals surface area contributed by atoms with E-state index in [4.69, 9.17) is 0 Å². The van der Waals surface area contributed by atoms with Crippen LogP contribution in [0.15, 0.2) is 77.7 Å². The Kier molecular flexibility index (Phi) is 5.39. The molecule has 0 radical (unpaired) electrons. The van der Waals surface area contributed by atoms with E-state index in [2.05, 4.69) is 0 Å². The van der Waals surface area contributed by atoms with Crippen LogP contribution in [0.4, 0.5) is 5.69 Å². The average molecular weight is 409 g/mol. The first-order chi connectivity index (χ1) is 14.0. The van der Waals surface area contributed by atoms with Gasteiger partial charge in [-0.05, 0) is 47.9 Å². The van der Waals surface area contributed by atoms with Crippen molar-refractivity contribution in [3.8, 4) is 0 Å². The van der Waals surface area contributed by atoms with Gasteiger partial charge in [-0.3, -0.25) is 4.79 Å². The third-order valence-electron chi connectivity index (χ3n) is 5.64. The molecule has 1 amide bonds. The Bertz CT molecular complexity index is 1120. The molecule has 0 unspecified atom stereocenters. The molecule has 0 aliphatic carbocycles. The lowest BCUT2D eigenvalue weighted by molar-refractivity contribution is -0.123. The van der Waals surface area contributed by atoms with E-state index in [1.54, 1.807) is 42.3 Å². The first kappa shape index (κ1) is 19.6. The maximum atomic E-state index is 13.0. The van der Waals surface area contributed by atoms with E-state index < -0.39 is 10.0 Å². The highest BCUT2D eigenvalue weighted by atomic mass is 32.2. The molecule has 0 aromatic heterocycles. The number of hydrogen-bond donors (Lipinski definition) is 0. The second kappa shape index (κ2) is 7.97. The zero-order valence-corrected chi connectivity index (χ0v) is 17.2. The van der Waals surface area contributed by atoms with Crippen molar-refractivity contribution in [1.29, 1.82) is 0 Å². The lowest BCUT2D eigenvalue weighted by atomic mass is 9.96. The first-order valence-electron chi connectivity index (χ1n) is 9.78. The Morgan fingerprint density at radius 3 is 2.21 bits per heavy atom. The number of nitrogens with zero attached hydrogens (tertiary/aromatic N) is 2. The summed E-state index contributed by atoms with van der Waals surface area (Å²) in [5, 5.41) is 2.23. The number of anilines is 1. The quantitative estimate of drug-likeness (QED) is 0.658. The van der Waals surface area contributed by atoms with Crippen LogP contribution in [0, 0.1) is 5.92 Å². The molecule has 29 heavy (non-hydrogen) atoms. The van der Waals surface area contributed by atoms with Gasteiger partial charge in [-0.25, -0.2) is 8.42 Å². The number of carbonyl (C=O) groups is 1. The van der Waals surface area contributed by atoms with Gasteiger partial charge in [0, 0.05) is 31.7 Å². The molecule has 1 heterocycles. The Morgan fingerprint density at radius 2 is 1.52 bits per heavy atom. The normalized spacial score (nSPS) is 16.0. The minimum absolute atomic E-state index is 0.0389. The van der Waals surface area contributed by atoms with Crippen molar-refractivity contribution in [3.05, 3.63) is 72.8 Å². The van der Waals surface area contributed by atoms with Crippen LogP contribution >= 0.6 is 0 Å². The maximum absolute atomic E-state index is 13.0. The predicted molar refractivity (Wildman–Crippen MR) is 115 cm³/mol. The number of sulfonamides is 1. The number of hydrogen-bond acceptors (Lipinski definition) is 3. The van der Waals surface area contributed by atoms with E-state index in [-0.39, 0.29) is 11.8 Å². The number of rotatable bonds is 4. The largest absolute Gasteiger partial charge is 0.315 e. The van der Waals surface area contributed by atoms with Gasteiger partial charge in [0.05, 0.1) is 4.90 Å². The van der Waals surface area contributed by atoms with Crippen LogP contribution in [-0.2, 0) is 14.8 Å². The lowest BCUT2D eigenvalue weighted by Crippen LogP contribution is -2.43. The monoisotopic (exact) mass is 408 g/mol. The van der Waals surface area contributed by atoms with Gasteiger partial charge in [-0.1, -0.05) is 48.5 Å². The fraction of sp³-hybridized carbons (Fsp3) is 0.261. The molecule has 150 valence electrons. The van der Waals surface area contributed by atoms with E-state index in [1.165, 1.54) is 4.31 Å². The van der Waals surface area contributed by atoms with Crippen LogP contribution in [0.2, 0.25) is 0 Å². The van der Waals surface area contributed by atoms with E-state index >= 15 is 0 Å². The molecule has 0 spiro atoms. The molecule has 0 bridgehead atoms. The molecule has 1 fully saturated rings. The smallest absolute Gasteiger partial charge is 0.243 e. The molecule has 4 rings (SSSR count). The molecule has 1 aliphatic rings. The summed E-state index contributed by atoms with van der Waals surface area (Å²) in [5.74, 6) is -0.134. The van der Waals surface area contributed by atoms with Crippen LogP contribution in [0.1, 0.15) is 12.8 Å². The number of fused-ring (bicyclic) bond motifs is 1. The zero-order valence-electron chi connectivity index (χ0n) is 16.4. The van der Waals surface area contributed by atoms with Gasteiger partial charge in [0.1, 0.15) is 0 Å². The highest BCUT2D eigenvalue weighted by Crippen LogP contribution is 2.27. The van der Waals surface area contributed by atoms with Crippen LogP contribution in [0.5, 0.6) is 0 Å². The number of carbonyl (C=O) groups excluding carboxylic acids is 1. The van der Waals surface area contributed by atoms with E-state index in [0.717, 1.165) is 16.5 Å². The molecule has 5 nitrogen and oxygen atoms in total. The molecule has 3 aromatic carbocycles. The molecule has 1 saturated heterocycles. The number of benzene rings is 3. The Balaban J connectivity index is 1.44. The van der Waals surface area contributed by atoms with Crippen LogP contribution in [0.3, 0.4) is 0 Å². The summed E-state index contributed by atoms with van der Waals surface area (Å²) < 4.78 is 27.0. The van der Waals surface area contributed by atoms with Gasteiger partial charge in [-0.2, -0.15) is 4.31 Å². The van der Waals surface area contributed by atoms with Gasteiger partial charge in [0.25, 0.3) is 0 Å². The van der Waals surface area contributed by atoms with Crippen molar-refractivity contribution in [2.75, 3.05) is 25.0 Å². The van der Waals surface area contributed by atoms with Crippen LogP contribution in [-0.4, -0.2) is 38.8 Å². The summed E-state index contributed by atoms with van der Waals surface area (Å²) in [6.07, 6.45) is 1.06. The highest BCUT2D eigenvalue weighted by Gasteiger charge is 2.33. The van der Waals surface area contributed by atoms with E-state index in [0.29, 0.717) is 30.8 Å². The SMILES string of the molecule is CN(C(=O)C1CCN(S(=O)(=O)c2ccccc2)CC1)c1ccc2ccccc2c1. The molecule has 3 aromatic rings. The molecule has 0 atom stereocenters. The predicted octanol–water partition coefficient (Wildman–Crippen LogP) is 3.90. The van der Waals surface area contributed by atoms with Gasteiger partial charge < -0.3 is 4.90 Å². The summed E-state index contributed by atoms with van der Waals surface area (Å²) in [6.45, 7) is 0.721. The summed E-state index contributed by atoms with van der Waals surface area (Å²) in [6, 6.07) is 22.5. The zero-order chi connectivity index (χ0) is 20.4. The molecular weight excluding hydrogens is 384 g/mol. The molecule has 0 N–H and O–H groups in total. The van der Waals surface area contributed by atoms with Crippen molar-refractivity contribution >= 4 is 32.4 Å². The second-order valence-corrected chi connectivity index (χ2v) is 9.36. The average Bonchev–Trinajstić information content (AvgIpc) is 2.78. The van der Waals surface area contributed by atoms with Crippen LogP contribution in [0.25, 0.3) is 10.8 Å². The Hall–Kier alpha value is -2.70. The summed E-state index contributed by atoms with van der Waals surface area (Å²) in [7, 11) is -1.71. The Labute approximate surface area is 171 Å². The summed E-state index contributed by atoms with van der Waals surface area (Å²) in [4.78, 5) is 15.0. The third-order valence-corrected chi connectivity index (χ3v) is 7.55. The van der Waals surface area contributed by atoms with Gasteiger partial charge >= 0.3 is 0 Å². The molecule has 1 aliphatic heterocycles. The second-order valence-electron chi connectivity index (χ2n) is 7.42. The highest BCUT2D eigenvalue weighted by molar-refractivity contribution is 7.89. The van der Waals surface area contributed by atoms with Crippen molar-refractivity contribution in [1.82, 2.24) is 4.31 Å². The molecule has 6 heteroatoms. The van der Waals surface area contributed by atoms with Crippen molar-refractivity contribution < 1.29 is 13.2 Å². The maximum Gasteiger partial charge on any atom is 0.243 e. The fourth-order valence-electron chi connectivity index (χ4n) is 3.87.